The maximum absolute atomic E-state index is 6.03. The van der Waals surface area contributed by atoms with Crippen molar-refractivity contribution in [2.45, 2.75) is 52.1 Å². The van der Waals surface area contributed by atoms with Gasteiger partial charge in [0.1, 0.15) is 11.9 Å². The highest BCUT2D eigenvalue weighted by atomic mass is 16.5. The summed E-state index contributed by atoms with van der Waals surface area (Å²) in [5.41, 5.74) is 2.71. The van der Waals surface area contributed by atoms with Crippen molar-refractivity contribution < 1.29 is 4.74 Å². The van der Waals surface area contributed by atoms with Gasteiger partial charge in [-0.05, 0) is 31.4 Å². The van der Waals surface area contributed by atoms with Crippen LogP contribution in [-0.2, 0) is 0 Å². The molecule has 1 heteroatoms. The molecule has 1 aliphatic heterocycles. The van der Waals surface area contributed by atoms with Gasteiger partial charge in [-0.1, -0.05) is 32.4 Å². The first-order valence-electron chi connectivity index (χ1n) is 6.03. The van der Waals surface area contributed by atoms with Crippen LogP contribution in [0.3, 0.4) is 0 Å². The summed E-state index contributed by atoms with van der Waals surface area (Å²) >= 11 is 0. The van der Waals surface area contributed by atoms with Crippen molar-refractivity contribution in [1.82, 2.24) is 0 Å². The third-order valence-electron chi connectivity index (χ3n) is 3.31. The second kappa shape index (κ2) is 4.26. The molecule has 0 aromatic heterocycles. The Morgan fingerprint density at radius 2 is 2.07 bits per heavy atom. The Morgan fingerprint density at radius 1 is 1.27 bits per heavy atom. The molecule has 1 nitrogen and oxygen atoms in total. The first-order valence-corrected chi connectivity index (χ1v) is 6.03. The summed E-state index contributed by atoms with van der Waals surface area (Å²) in [4.78, 5) is 0. The second-order valence-corrected chi connectivity index (χ2v) is 4.50. The van der Waals surface area contributed by atoms with E-state index in [0.29, 0.717) is 12.0 Å². The van der Waals surface area contributed by atoms with Gasteiger partial charge in [0.25, 0.3) is 0 Å². The fraction of sp³-hybridized carbons (Fsp3) is 0.571. The molecule has 1 aromatic rings. The first-order chi connectivity index (χ1) is 7.26. The molecule has 0 bridgehead atoms. The van der Waals surface area contributed by atoms with Crippen LogP contribution in [0.25, 0.3) is 0 Å². The van der Waals surface area contributed by atoms with Crippen molar-refractivity contribution in [3.05, 3.63) is 29.3 Å². The first kappa shape index (κ1) is 10.5. The van der Waals surface area contributed by atoms with E-state index in [2.05, 4.69) is 39.0 Å². The van der Waals surface area contributed by atoms with Crippen molar-refractivity contribution in [3.8, 4) is 5.75 Å². The highest BCUT2D eigenvalue weighted by Crippen LogP contribution is 2.41. The highest BCUT2D eigenvalue weighted by molar-refractivity contribution is 5.43. The highest BCUT2D eigenvalue weighted by Gasteiger charge is 2.31. The second-order valence-electron chi connectivity index (χ2n) is 4.50. The molecule has 0 N–H and O–H groups in total. The molecule has 0 radical (unpaired) electrons. The van der Waals surface area contributed by atoms with Crippen molar-refractivity contribution in [3.63, 3.8) is 0 Å². The predicted octanol–water partition coefficient (Wildman–Crippen LogP) is 4.05. The molecule has 1 heterocycles. The van der Waals surface area contributed by atoms with Crippen LogP contribution < -0.4 is 4.74 Å². The molecule has 0 amide bonds. The van der Waals surface area contributed by atoms with Crippen molar-refractivity contribution in [2.75, 3.05) is 0 Å². The number of benzene rings is 1. The van der Waals surface area contributed by atoms with Gasteiger partial charge in [0, 0.05) is 11.5 Å². The summed E-state index contributed by atoms with van der Waals surface area (Å²) in [6, 6.07) is 6.61. The van der Waals surface area contributed by atoms with Gasteiger partial charge >= 0.3 is 0 Å². The van der Waals surface area contributed by atoms with Gasteiger partial charge in [-0.15, -0.1) is 0 Å². The SMILES string of the molecule is CCCC1Oc2cc(C)ccc2C1CC. The van der Waals surface area contributed by atoms with Crippen LogP contribution in [0, 0.1) is 6.92 Å². The third kappa shape index (κ3) is 1.88. The van der Waals surface area contributed by atoms with Crippen LogP contribution in [0.5, 0.6) is 5.75 Å². The smallest absolute Gasteiger partial charge is 0.123 e. The van der Waals surface area contributed by atoms with E-state index in [0.717, 1.165) is 5.75 Å². The van der Waals surface area contributed by atoms with E-state index in [1.807, 2.05) is 0 Å². The molecule has 1 aromatic carbocycles. The summed E-state index contributed by atoms with van der Waals surface area (Å²) in [5.74, 6) is 1.74. The van der Waals surface area contributed by atoms with E-state index in [1.54, 1.807) is 0 Å². The Labute approximate surface area is 92.5 Å². The normalized spacial score (nSPS) is 23.7. The van der Waals surface area contributed by atoms with Gasteiger partial charge in [0.2, 0.25) is 0 Å². The van der Waals surface area contributed by atoms with E-state index in [-0.39, 0.29) is 0 Å². The lowest BCUT2D eigenvalue weighted by molar-refractivity contribution is 0.191. The Hall–Kier alpha value is -0.980. The summed E-state index contributed by atoms with van der Waals surface area (Å²) in [6.07, 6.45) is 3.97. The molecule has 0 saturated heterocycles. The van der Waals surface area contributed by atoms with E-state index in [4.69, 9.17) is 4.74 Å². The van der Waals surface area contributed by atoms with Crippen LogP contribution in [0.15, 0.2) is 18.2 Å². The fourth-order valence-corrected chi connectivity index (χ4v) is 2.52. The number of aryl methyl sites for hydroxylation is 1. The van der Waals surface area contributed by atoms with Crippen LogP contribution in [0.4, 0.5) is 0 Å². The molecular weight excluding hydrogens is 184 g/mol. The Kier molecular flexibility index (Phi) is 2.99. The largest absolute Gasteiger partial charge is 0.489 e. The molecule has 0 saturated carbocycles. The zero-order valence-electron chi connectivity index (χ0n) is 9.92. The Morgan fingerprint density at radius 3 is 2.73 bits per heavy atom. The molecule has 0 spiro atoms. The topological polar surface area (TPSA) is 9.23 Å². The number of hydrogen-bond acceptors (Lipinski definition) is 1. The lowest BCUT2D eigenvalue weighted by Gasteiger charge is -2.16. The minimum atomic E-state index is 0.414. The van der Waals surface area contributed by atoms with E-state index in [9.17, 15) is 0 Å². The summed E-state index contributed by atoms with van der Waals surface area (Å²) < 4.78 is 6.03. The molecule has 2 atom stereocenters. The number of rotatable bonds is 3. The van der Waals surface area contributed by atoms with Crippen LogP contribution in [0.1, 0.15) is 50.2 Å². The summed E-state index contributed by atoms with van der Waals surface area (Å²) in [6.45, 7) is 6.60. The Balaban J connectivity index is 2.28. The maximum atomic E-state index is 6.03. The molecule has 15 heavy (non-hydrogen) atoms. The van der Waals surface area contributed by atoms with E-state index >= 15 is 0 Å². The summed E-state index contributed by atoms with van der Waals surface area (Å²) in [7, 11) is 0. The third-order valence-corrected chi connectivity index (χ3v) is 3.31. The summed E-state index contributed by atoms with van der Waals surface area (Å²) in [5, 5.41) is 0. The minimum Gasteiger partial charge on any atom is -0.489 e. The van der Waals surface area contributed by atoms with Crippen molar-refractivity contribution >= 4 is 0 Å². The van der Waals surface area contributed by atoms with Crippen LogP contribution in [-0.4, -0.2) is 6.10 Å². The lowest BCUT2D eigenvalue weighted by atomic mass is 9.90. The van der Waals surface area contributed by atoms with Gasteiger partial charge < -0.3 is 4.74 Å². The average molecular weight is 204 g/mol. The van der Waals surface area contributed by atoms with Gasteiger partial charge in [0.05, 0.1) is 0 Å². The van der Waals surface area contributed by atoms with Crippen LogP contribution >= 0.6 is 0 Å². The molecule has 1 aliphatic rings. The fourth-order valence-electron chi connectivity index (χ4n) is 2.52. The number of ether oxygens (including phenoxy) is 1. The molecule has 2 unspecified atom stereocenters. The van der Waals surface area contributed by atoms with Crippen molar-refractivity contribution in [2.24, 2.45) is 0 Å². The zero-order valence-corrected chi connectivity index (χ0v) is 9.92. The zero-order chi connectivity index (χ0) is 10.8. The Bertz CT molecular complexity index is 343. The van der Waals surface area contributed by atoms with Gasteiger partial charge in [0.15, 0.2) is 0 Å². The molecule has 0 fully saturated rings. The lowest BCUT2D eigenvalue weighted by Crippen LogP contribution is -2.17. The molecule has 2 rings (SSSR count). The maximum Gasteiger partial charge on any atom is 0.123 e. The van der Waals surface area contributed by atoms with Crippen molar-refractivity contribution in [1.29, 1.82) is 0 Å². The van der Waals surface area contributed by atoms with Gasteiger partial charge in [-0.25, -0.2) is 0 Å². The molecule has 0 aliphatic carbocycles. The number of fused-ring (bicyclic) bond motifs is 1. The van der Waals surface area contributed by atoms with Gasteiger partial charge in [-0.3, -0.25) is 0 Å². The van der Waals surface area contributed by atoms with E-state index < -0.39 is 0 Å². The van der Waals surface area contributed by atoms with Crippen LogP contribution in [0.2, 0.25) is 0 Å². The van der Waals surface area contributed by atoms with E-state index in [1.165, 1.54) is 30.4 Å². The monoisotopic (exact) mass is 204 g/mol. The average Bonchev–Trinajstić information content (AvgIpc) is 2.54. The molecular formula is C14H20O. The minimum absolute atomic E-state index is 0.414. The quantitative estimate of drug-likeness (QED) is 0.721. The molecule has 82 valence electrons. The number of hydrogen-bond donors (Lipinski definition) is 0. The standard InChI is InChI=1S/C14H20O/c1-4-6-13-11(5-2)12-8-7-10(3)9-14(12)15-13/h7-9,11,13H,4-6H2,1-3H3. The predicted molar refractivity (Wildman–Crippen MR) is 63.5 cm³/mol. The van der Waals surface area contributed by atoms with Gasteiger partial charge in [-0.2, -0.15) is 0 Å².